The summed E-state index contributed by atoms with van der Waals surface area (Å²) >= 11 is 0. The molecule has 0 aliphatic heterocycles. The van der Waals surface area contributed by atoms with E-state index < -0.39 is 0 Å². The van der Waals surface area contributed by atoms with Crippen molar-refractivity contribution in [1.29, 1.82) is 0 Å². The zero-order chi connectivity index (χ0) is 12.3. The summed E-state index contributed by atoms with van der Waals surface area (Å²) in [5.74, 6) is 5.85. The number of aromatic hydroxyl groups is 1. The predicted octanol–water partition coefficient (Wildman–Crippen LogP) is 2.25. The summed E-state index contributed by atoms with van der Waals surface area (Å²) < 4.78 is 0. The second-order valence-electron chi connectivity index (χ2n) is 4.07. The number of phenols is 1. The molecule has 1 unspecified atom stereocenters. The van der Waals surface area contributed by atoms with Gasteiger partial charge in [-0.3, -0.25) is 5.84 Å². The number of hydrogen-bond acceptors (Lipinski definition) is 3. The van der Waals surface area contributed by atoms with Crippen molar-refractivity contribution in [2.75, 3.05) is 0 Å². The Balaban J connectivity index is 2.46. The van der Waals surface area contributed by atoms with E-state index in [4.69, 9.17) is 5.84 Å². The van der Waals surface area contributed by atoms with E-state index in [9.17, 15) is 5.11 Å². The fraction of sp³-hybridized carbons (Fsp3) is 0.143. The van der Waals surface area contributed by atoms with Crippen LogP contribution in [0, 0.1) is 6.92 Å². The lowest BCUT2D eigenvalue weighted by atomic mass is 9.97. The summed E-state index contributed by atoms with van der Waals surface area (Å²) in [4.78, 5) is 0. The first-order valence-corrected chi connectivity index (χ1v) is 5.53. The van der Waals surface area contributed by atoms with E-state index in [1.54, 1.807) is 6.07 Å². The van der Waals surface area contributed by atoms with Gasteiger partial charge in [-0.2, -0.15) is 0 Å². The molecule has 17 heavy (non-hydrogen) atoms. The van der Waals surface area contributed by atoms with Crippen LogP contribution in [0.15, 0.2) is 48.5 Å². The Morgan fingerprint density at radius 3 is 2.47 bits per heavy atom. The van der Waals surface area contributed by atoms with Gasteiger partial charge in [0.05, 0.1) is 6.04 Å². The van der Waals surface area contributed by atoms with E-state index in [1.807, 2.05) is 49.4 Å². The summed E-state index contributed by atoms with van der Waals surface area (Å²) in [7, 11) is 0. The van der Waals surface area contributed by atoms with Crippen molar-refractivity contribution in [3.8, 4) is 5.75 Å². The van der Waals surface area contributed by atoms with Crippen LogP contribution < -0.4 is 11.3 Å². The molecule has 0 saturated carbocycles. The number of nitrogens with one attached hydrogen (secondary N) is 1. The fourth-order valence-electron chi connectivity index (χ4n) is 1.92. The summed E-state index contributed by atoms with van der Waals surface area (Å²) in [6, 6.07) is 15.1. The molecule has 0 aromatic heterocycles. The van der Waals surface area contributed by atoms with Crippen molar-refractivity contribution < 1.29 is 5.11 Å². The number of nitrogens with two attached hydrogens (primary N) is 1. The standard InChI is InChI=1S/C14H16N2O/c1-10-7-8-13(17)12(9-10)14(16-15)11-5-3-2-4-6-11/h2-9,14,16-17H,15H2,1H3. The lowest BCUT2D eigenvalue weighted by Gasteiger charge is -2.18. The number of hydrogen-bond donors (Lipinski definition) is 3. The molecular formula is C14H16N2O. The molecule has 0 aliphatic carbocycles. The van der Waals surface area contributed by atoms with Crippen LogP contribution in [0.2, 0.25) is 0 Å². The van der Waals surface area contributed by atoms with E-state index in [0.29, 0.717) is 0 Å². The molecule has 2 aromatic carbocycles. The lowest BCUT2D eigenvalue weighted by Crippen LogP contribution is -2.28. The van der Waals surface area contributed by atoms with E-state index >= 15 is 0 Å². The predicted molar refractivity (Wildman–Crippen MR) is 68.5 cm³/mol. The molecule has 0 fully saturated rings. The Hall–Kier alpha value is -1.84. The van der Waals surface area contributed by atoms with Crippen molar-refractivity contribution in [1.82, 2.24) is 5.43 Å². The minimum Gasteiger partial charge on any atom is -0.508 e. The summed E-state index contributed by atoms with van der Waals surface area (Å²) in [5, 5.41) is 9.90. The zero-order valence-electron chi connectivity index (χ0n) is 9.72. The Morgan fingerprint density at radius 2 is 1.82 bits per heavy atom. The van der Waals surface area contributed by atoms with Crippen molar-refractivity contribution in [2.45, 2.75) is 13.0 Å². The topological polar surface area (TPSA) is 58.3 Å². The van der Waals surface area contributed by atoms with Crippen molar-refractivity contribution in [3.63, 3.8) is 0 Å². The molecule has 2 rings (SSSR count). The minimum atomic E-state index is -0.198. The summed E-state index contributed by atoms with van der Waals surface area (Å²) in [5.41, 5.74) is 5.65. The van der Waals surface area contributed by atoms with Crippen molar-refractivity contribution >= 4 is 0 Å². The minimum absolute atomic E-state index is 0.198. The monoisotopic (exact) mass is 228 g/mol. The van der Waals surface area contributed by atoms with Gasteiger partial charge in [0, 0.05) is 5.56 Å². The van der Waals surface area contributed by atoms with Crippen molar-refractivity contribution in [3.05, 3.63) is 65.2 Å². The van der Waals surface area contributed by atoms with Gasteiger partial charge < -0.3 is 5.11 Å². The number of phenolic OH excluding ortho intramolecular Hbond substituents is 1. The van der Waals surface area contributed by atoms with Gasteiger partial charge >= 0.3 is 0 Å². The van der Waals surface area contributed by atoms with Crippen LogP contribution in [-0.4, -0.2) is 5.11 Å². The van der Waals surface area contributed by atoms with Gasteiger partial charge in [-0.1, -0.05) is 48.0 Å². The Bertz CT molecular complexity index is 497. The van der Waals surface area contributed by atoms with Crippen LogP contribution in [0.25, 0.3) is 0 Å². The quantitative estimate of drug-likeness (QED) is 0.558. The van der Waals surface area contributed by atoms with Gasteiger partial charge in [0.15, 0.2) is 0 Å². The molecule has 88 valence electrons. The highest BCUT2D eigenvalue weighted by molar-refractivity contribution is 5.42. The molecule has 1 atom stereocenters. The highest BCUT2D eigenvalue weighted by atomic mass is 16.3. The average Bonchev–Trinajstić information content (AvgIpc) is 2.36. The van der Waals surface area contributed by atoms with E-state index in [0.717, 1.165) is 16.7 Å². The molecule has 0 heterocycles. The van der Waals surface area contributed by atoms with Gasteiger partial charge in [-0.25, -0.2) is 5.43 Å². The molecule has 0 radical (unpaired) electrons. The van der Waals surface area contributed by atoms with Gasteiger partial charge in [-0.05, 0) is 18.6 Å². The maximum Gasteiger partial charge on any atom is 0.120 e. The molecule has 3 heteroatoms. The third-order valence-corrected chi connectivity index (χ3v) is 2.79. The second-order valence-corrected chi connectivity index (χ2v) is 4.07. The molecule has 0 saturated heterocycles. The Labute approximate surface area is 101 Å². The van der Waals surface area contributed by atoms with Gasteiger partial charge in [0.25, 0.3) is 0 Å². The second kappa shape index (κ2) is 4.99. The van der Waals surface area contributed by atoms with Crippen LogP contribution in [-0.2, 0) is 0 Å². The molecule has 0 amide bonds. The van der Waals surface area contributed by atoms with Crippen LogP contribution in [0.5, 0.6) is 5.75 Å². The Kier molecular flexibility index (Phi) is 3.42. The van der Waals surface area contributed by atoms with Crippen LogP contribution in [0.1, 0.15) is 22.7 Å². The maximum atomic E-state index is 9.90. The first-order valence-electron chi connectivity index (χ1n) is 5.53. The van der Waals surface area contributed by atoms with E-state index in [-0.39, 0.29) is 11.8 Å². The number of benzene rings is 2. The first-order chi connectivity index (χ1) is 8.22. The molecular weight excluding hydrogens is 212 g/mol. The highest BCUT2D eigenvalue weighted by Gasteiger charge is 2.15. The number of aryl methyl sites for hydroxylation is 1. The smallest absolute Gasteiger partial charge is 0.120 e. The lowest BCUT2D eigenvalue weighted by molar-refractivity contribution is 0.458. The number of rotatable bonds is 3. The van der Waals surface area contributed by atoms with Gasteiger partial charge in [0.2, 0.25) is 0 Å². The van der Waals surface area contributed by atoms with Crippen LogP contribution >= 0.6 is 0 Å². The largest absolute Gasteiger partial charge is 0.508 e. The zero-order valence-corrected chi connectivity index (χ0v) is 9.72. The summed E-state index contributed by atoms with van der Waals surface area (Å²) in [6.45, 7) is 1.99. The van der Waals surface area contributed by atoms with Crippen molar-refractivity contribution in [2.24, 2.45) is 5.84 Å². The SMILES string of the molecule is Cc1ccc(O)c(C(NN)c2ccccc2)c1. The van der Waals surface area contributed by atoms with Crippen LogP contribution in [0.3, 0.4) is 0 Å². The third kappa shape index (κ3) is 2.46. The highest BCUT2D eigenvalue weighted by Crippen LogP contribution is 2.29. The Morgan fingerprint density at radius 1 is 1.12 bits per heavy atom. The molecule has 2 aromatic rings. The molecule has 0 bridgehead atoms. The van der Waals surface area contributed by atoms with E-state index in [1.165, 1.54) is 0 Å². The van der Waals surface area contributed by atoms with Gasteiger partial charge in [0.1, 0.15) is 5.75 Å². The first kappa shape index (κ1) is 11.6. The van der Waals surface area contributed by atoms with E-state index in [2.05, 4.69) is 5.43 Å². The molecule has 3 nitrogen and oxygen atoms in total. The van der Waals surface area contributed by atoms with Gasteiger partial charge in [-0.15, -0.1) is 0 Å². The molecule has 0 spiro atoms. The molecule has 0 aliphatic rings. The normalized spacial score (nSPS) is 12.4. The average molecular weight is 228 g/mol. The fourth-order valence-corrected chi connectivity index (χ4v) is 1.92. The number of hydrazine groups is 1. The summed E-state index contributed by atoms with van der Waals surface area (Å²) in [6.07, 6.45) is 0. The van der Waals surface area contributed by atoms with Crippen LogP contribution in [0.4, 0.5) is 0 Å². The molecule has 4 N–H and O–H groups in total. The maximum absolute atomic E-state index is 9.90. The third-order valence-electron chi connectivity index (χ3n) is 2.79.